The lowest BCUT2D eigenvalue weighted by molar-refractivity contribution is 0.307. The minimum atomic E-state index is -3.47. The van der Waals surface area contributed by atoms with Crippen molar-refractivity contribution in [3.05, 3.63) is 0 Å². The van der Waals surface area contributed by atoms with Gasteiger partial charge in [-0.1, -0.05) is 39.8 Å². The van der Waals surface area contributed by atoms with E-state index >= 15 is 0 Å². The predicted octanol–water partition coefficient (Wildman–Crippen LogP) is 1.65. The third kappa shape index (κ3) is 5.78. The van der Waals surface area contributed by atoms with Crippen LogP contribution in [0.1, 0.15) is 53.9 Å². The van der Waals surface area contributed by atoms with E-state index in [1.165, 1.54) is 0 Å². The van der Waals surface area contributed by atoms with Crippen molar-refractivity contribution in [1.29, 1.82) is 0 Å². The van der Waals surface area contributed by atoms with E-state index in [1.54, 1.807) is 13.8 Å². The molecule has 4 N–H and O–H groups in total. The number of rotatable bonds is 7. The van der Waals surface area contributed by atoms with Gasteiger partial charge in [-0.2, -0.15) is 0 Å². The fourth-order valence-corrected chi connectivity index (χ4v) is 3.67. The lowest BCUT2D eigenvalue weighted by Gasteiger charge is -2.31. The number of nitrogens with two attached hydrogens (primary N) is 1. The molecule has 0 amide bonds. The Hall–Kier alpha value is -0.820. The second kappa shape index (κ2) is 6.56. The van der Waals surface area contributed by atoms with Gasteiger partial charge in [0.1, 0.15) is 0 Å². The van der Waals surface area contributed by atoms with E-state index in [0.717, 1.165) is 0 Å². The number of amidine groups is 1. The second-order valence-electron chi connectivity index (χ2n) is 6.01. The molecule has 0 aromatic rings. The van der Waals surface area contributed by atoms with E-state index in [1.807, 2.05) is 20.8 Å². The second-order valence-corrected chi connectivity index (χ2v) is 7.85. The molecule has 0 aliphatic rings. The number of hydrogen-bond acceptors (Lipinski definition) is 4. The molecule has 7 heteroatoms. The van der Waals surface area contributed by atoms with Crippen LogP contribution in [0.15, 0.2) is 5.16 Å². The topological polar surface area (TPSA) is 105 Å². The molecule has 0 rings (SSSR count). The summed E-state index contributed by atoms with van der Waals surface area (Å²) in [5, 5.41) is 11.8. The van der Waals surface area contributed by atoms with Gasteiger partial charge in [-0.25, -0.2) is 13.1 Å². The van der Waals surface area contributed by atoms with E-state index in [-0.39, 0.29) is 17.0 Å². The highest BCUT2D eigenvalue weighted by Gasteiger charge is 2.36. The smallest absolute Gasteiger partial charge is 0.212 e. The van der Waals surface area contributed by atoms with Crippen LogP contribution in [0.2, 0.25) is 0 Å². The van der Waals surface area contributed by atoms with Crippen molar-refractivity contribution < 1.29 is 13.6 Å². The summed E-state index contributed by atoms with van der Waals surface area (Å²) in [6, 6.07) is 0. The fraction of sp³-hybridized carbons (Fsp3) is 0.917. The molecule has 0 atom stereocenters. The number of hydrogen-bond donors (Lipinski definition) is 3. The molecular formula is C12H27N3O3S. The Morgan fingerprint density at radius 2 is 1.74 bits per heavy atom. The van der Waals surface area contributed by atoms with Crippen LogP contribution < -0.4 is 10.5 Å². The van der Waals surface area contributed by atoms with E-state index < -0.39 is 15.6 Å². The maximum atomic E-state index is 12.1. The Kier molecular flexibility index (Phi) is 6.28. The average molecular weight is 293 g/mol. The standard InChI is InChI=1S/C12H27N3O3S/c1-6-12(7-2,10(13)14-16)15-19(17,18)9-8-11(3,4)5/h15-16H,6-9H2,1-5H3,(H2,13,14). The highest BCUT2D eigenvalue weighted by atomic mass is 32.2. The van der Waals surface area contributed by atoms with Crippen LogP contribution in [0, 0.1) is 5.41 Å². The Bertz CT molecular complexity index is 406. The summed E-state index contributed by atoms with van der Waals surface area (Å²) in [4.78, 5) is 0. The summed E-state index contributed by atoms with van der Waals surface area (Å²) in [6.45, 7) is 9.55. The lowest BCUT2D eigenvalue weighted by atomic mass is 9.93. The van der Waals surface area contributed by atoms with Crippen molar-refractivity contribution in [3.63, 3.8) is 0 Å². The van der Waals surface area contributed by atoms with Gasteiger partial charge >= 0.3 is 0 Å². The van der Waals surface area contributed by atoms with Gasteiger partial charge in [-0.3, -0.25) is 0 Å². The molecule has 0 aromatic heterocycles. The quantitative estimate of drug-likeness (QED) is 0.287. The van der Waals surface area contributed by atoms with Gasteiger partial charge in [-0.15, -0.1) is 0 Å². The first-order valence-electron chi connectivity index (χ1n) is 6.51. The van der Waals surface area contributed by atoms with Crippen molar-refractivity contribution in [3.8, 4) is 0 Å². The first-order chi connectivity index (χ1) is 8.52. The van der Waals surface area contributed by atoms with Crippen LogP contribution in [0.5, 0.6) is 0 Å². The zero-order valence-electron chi connectivity index (χ0n) is 12.5. The summed E-state index contributed by atoms with van der Waals surface area (Å²) >= 11 is 0. The van der Waals surface area contributed by atoms with Crippen LogP contribution >= 0.6 is 0 Å². The third-order valence-corrected chi connectivity index (χ3v) is 4.72. The van der Waals surface area contributed by atoms with Crippen LogP contribution in [0.25, 0.3) is 0 Å². The van der Waals surface area contributed by atoms with Gasteiger partial charge in [0.25, 0.3) is 0 Å². The summed E-state index contributed by atoms with van der Waals surface area (Å²) in [5.74, 6) is -0.0754. The van der Waals surface area contributed by atoms with Crippen LogP contribution in [0.3, 0.4) is 0 Å². The molecule has 0 fully saturated rings. The van der Waals surface area contributed by atoms with E-state index in [2.05, 4.69) is 9.88 Å². The van der Waals surface area contributed by atoms with Crippen LogP contribution in [-0.2, 0) is 10.0 Å². The molecule has 0 aliphatic heterocycles. The fourth-order valence-electron chi connectivity index (χ4n) is 1.69. The minimum Gasteiger partial charge on any atom is -0.409 e. The maximum Gasteiger partial charge on any atom is 0.212 e. The summed E-state index contributed by atoms with van der Waals surface area (Å²) < 4.78 is 26.8. The largest absolute Gasteiger partial charge is 0.409 e. The van der Waals surface area contributed by atoms with Crippen molar-refractivity contribution in [2.45, 2.75) is 59.4 Å². The number of nitrogens with one attached hydrogen (secondary N) is 1. The summed E-state index contributed by atoms with van der Waals surface area (Å²) in [5.41, 5.74) is 4.56. The van der Waals surface area contributed by atoms with Gasteiger partial charge in [0.05, 0.1) is 11.3 Å². The summed E-state index contributed by atoms with van der Waals surface area (Å²) in [7, 11) is -3.47. The van der Waals surface area contributed by atoms with E-state index in [9.17, 15) is 8.42 Å². The van der Waals surface area contributed by atoms with E-state index in [0.29, 0.717) is 19.3 Å². The minimum absolute atomic E-state index is 0.0248. The SMILES string of the molecule is CCC(CC)(NS(=O)(=O)CCC(C)(C)C)C(N)=NO. The first-order valence-corrected chi connectivity index (χ1v) is 8.17. The molecule has 0 unspecified atom stereocenters. The molecule has 0 heterocycles. The Morgan fingerprint density at radius 1 is 1.26 bits per heavy atom. The number of sulfonamides is 1. The molecule has 19 heavy (non-hydrogen) atoms. The Morgan fingerprint density at radius 3 is 2.05 bits per heavy atom. The molecule has 114 valence electrons. The highest BCUT2D eigenvalue weighted by molar-refractivity contribution is 7.89. The molecule has 0 bridgehead atoms. The molecule has 0 saturated heterocycles. The monoisotopic (exact) mass is 293 g/mol. The molecule has 0 aliphatic carbocycles. The Labute approximate surface area is 116 Å². The molecule has 6 nitrogen and oxygen atoms in total. The van der Waals surface area contributed by atoms with Gasteiger partial charge in [0, 0.05) is 0 Å². The molecular weight excluding hydrogens is 266 g/mol. The van der Waals surface area contributed by atoms with Crippen molar-refractivity contribution in [2.75, 3.05) is 5.75 Å². The Balaban J connectivity index is 5.05. The molecule has 0 aromatic carbocycles. The third-order valence-electron chi connectivity index (χ3n) is 3.28. The van der Waals surface area contributed by atoms with Crippen LogP contribution in [-0.4, -0.2) is 30.8 Å². The van der Waals surface area contributed by atoms with Crippen molar-refractivity contribution >= 4 is 15.9 Å². The van der Waals surface area contributed by atoms with Gasteiger partial charge in [0.2, 0.25) is 10.0 Å². The number of nitrogens with zero attached hydrogens (tertiary/aromatic N) is 1. The zero-order valence-corrected chi connectivity index (χ0v) is 13.3. The van der Waals surface area contributed by atoms with E-state index in [4.69, 9.17) is 10.9 Å². The predicted molar refractivity (Wildman–Crippen MR) is 77.7 cm³/mol. The number of oxime groups is 1. The normalized spacial score (nSPS) is 14.7. The first kappa shape index (κ1) is 18.2. The molecule has 0 spiro atoms. The zero-order chi connectivity index (χ0) is 15.3. The van der Waals surface area contributed by atoms with Crippen LogP contribution in [0.4, 0.5) is 0 Å². The average Bonchev–Trinajstić information content (AvgIpc) is 2.32. The van der Waals surface area contributed by atoms with Gasteiger partial charge in [0.15, 0.2) is 5.84 Å². The lowest BCUT2D eigenvalue weighted by Crippen LogP contribution is -2.57. The van der Waals surface area contributed by atoms with Gasteiger partial charge < -0.3 is 10.9 Å². The van der Waals surface area contributed by atoms with Crippen molar-refractivity contribution in [2.24, 2.45) is 16.3 Å². The van der Waals surface area contributed by atoms with Crippen molar-refractivity contribution in [1.82, 2.24) is 4.72 Å². The molecule has 0 saturated carbocycles. The maximum absolute atomic E-state index is 12.1. The summed E-state index contributed by atoms with van der Waals surface area (Å²) in [6.07, 6.45) is 1.39. The van der Waals surface area contributed by atoms with Gasteiger partial charge in [-0.05, 0) is 24.7 Å². The molecule has 0 radical (unpaired) electrons. The highest BCUT2D eigenvalue weighted by Crippen LogP contribution is 2.21.